The van der Waals surface area contributed by atoms with Crippen molar-refractivity contribution in [3.63, 3.8) is 0 Å². The van der Waals surface area contributed by atoms with Gasteiger partial charge in [0.25, 0.3) is 0 Å². The molecular formula is C13H9BrN2. The Morgan fingerprint density at radius 3 is 2.75 bits per heavy atom. The molecule has 0 amide bonds. The van der Waals surface area contributed by atoms with Crippen LogP contribution in [0.4, 0.5) is 0 Å². The molecule has 0 atom stereocenters. The minimum absolute atomic E-state index is 0.924. The van der Waals surface area contributed by atoms with Gasteiger partial charge in [-0.25, -0.2) is 4.98 Å². The number of benzene rings is 1. The van der Waals surface area contributed by atoms with Crippen molar-refractivity contribution in [2.75, 3.05) is 0 Å². The van der Waals surface area contributed by atoms with Gasteiger partial charge in [0, 0.05) is 27.8 Å². The monoisotopic (exact) mass is 272 g/mol. The van der Waals surface area contributed by atoms with Crippen LogP contribution in [0.1, 0.15) is 0 Å². The van der Waals surface area contributed by atoms with Crippen molar-refractivity contribution in [2.24, 2.45) is 0 Å². The molecule has 0 unspecified atom stereocenters. The number of H-pyrrole nitrogens is 1. The van der Waals surface area contributed by atoms with E-state index in [2.05, 4.69) is 38.0 Å². The maximum absolute atomic E-state index is 4.29. The first-order valence-electron chi connectivity index (χ1n) is 5.03. The second-order valence-electron chi connectivity index (χ2n) is 3.58. The van der Waals surface area contributed by atoms with Crippen LogP contribution >= 0.6 is 15.9 Å². The highest BCUT2D eigenvalue weighted by atomic mass is 79.9. The Kier molecular flexibility index (Phi) is 2.26. The van der Waals surface area contributed by atoms with E-state index in [0.717, 1.165) is 15.5 Å². The molecule has 3 heteroatoms. The molecule has 0 radical (unpaired) electrons. The van der Waals surface area contributed by atoms with E-state index in [9.17, 15) is 0 Å². The van der Waals surface area contributed by atoms with Crippen molar-refractivity contribution in [3.05, 3.63) is 53.3 Å². The number of halogens is 1. The second kappa shape index (κ2) is 3.76. The van der Waals surface area contributed by atoms with Crippen molar-refractivity contribution < 1.29 is 0 Å². The van der Waals surface area contributed by atoms with Gasteiger partial charge < -0.3 is 4.98 Å². The van der Waals surface area contributed by atoms with E-state index in [4.69, 9.17) is 0 Å². The molecule has 2 heterocycles. The van der Waals surface area contributed by atoms with Gasteiger partial charge in [0.15, 0.2) is 0 Å². The Hall–Kier alpha value is -1.61. The Morgan fingerprint density at radius 1 is 1.00 bits per heavy atom. The Labute approximate surface area is 101 Å². The van der Waals surface area contributed by atoms with Gasteiger partial charge in [0.1, 0.15) is 5.65 Å². The van der Waals surface area contributed by atoms with E-state index in [-0.39, 0.29) is 0 Å². The molecule has 16 heavy (non-hydrogen) atoms. The Balaban J connectivity index is 2.31. The molecule has 1 N–H and O–H groups in total. The lowest BCUT2D eigenvalue weighted by Crippen LogP contribution is -1.77. The molecule has 0 aliphatic rings. The molecule has 2 aromatic heterocycles. The first-order chi connectivity index (χ1) is 7.86. The average Bonchev–Trinajstić information content (AvgIpc) is 2.74. The average molecular weight is 273 g/mol. The van der Waals surface area contributed by atoms with Crippen molar-refractivity contribution in [2.45, 2.75) is 0 Å². The van der Waals surface area contributed by atoms with Crippen LogP contribution in [0.15, 0.2) is 53.3 Å². The predicted octanol–water partition coefficient (Wildman–Crippen LogP) is 3.99. The van der Waals surface area contributed by atoms with Crippen molar-refractivity contribution in [3.8, 4) is 11.1 Å². The summed E-state index contributed by atoms with van der Waals surface area (Å²) in [7, 11) is 0. The normalized spacial score (nSPS) is 10.8. The number of rotatable bonds is 1. The molecular weight excluding hydrogens is 264 g/mol. The maximum Gasteiger partial charge on any atom is 0.137 e. The van der Waals surface area contributed by atoms with E-state index < -0.39 is 0 Å². The van der Waals surface area contributed by atoms with Gasteiger partial charge in [-0.1, -0.05) is 34.1 Å². The second-order valence-corrected chi connectivity index (χ2v) is 4.44. The molecule has 0 saturated heterocycles. The third-order valence-corrected chi connectivity index (χ3v) is 3.31. The number of aromatic amines is 1. The zero-order valence-corrected chi connectivity index (χ0v) is 10.0. The number of pyridine rings is 1. The minimum Gasteiger partial charge on any atom is -0.346 e. The van der Waals surface area contributed by atoms with E-state index in [1.807, 2.05) is 30.5 Å². The lowest BCUT2D eigenvalue weighted by molar-refractivity contribution is 1.33. The Bertz CT molecular complexity index is 643. The van der Waals surface area contributed by atoms with Gasteiger partial charge in [0.05, 0.1) is 0 Å². The molecule has 0 aliphatic heterocycles. The van der Waals surface area contributed by atoms with Gasteiger partial charge in [0.2, 0.25) is 0 Å². The molecule has 0 spiro atoms. The van der Waals surface area contributed by atoms with Gasteiger partial charge in [-0.3, -0.25) is 0 Å². The summed E-state index contributed by atoms with van der Waals surface area (Å²) in [6.45, 7) is 0. The van der Waals surface area contributed by atoms with Crippen LogP contribution in [-0.2, 0) is 0 Å². The maximum atomic E-state index is 4.29. The summed E-state index contributed by atoms with van der Waals surface area (Å²) in [6.07, 6.45) is 3.79. The summed E-state index contributed by atoms with van der Waals surface area (Å²) in [5, 5.41) is 1.15. The fraction of sp³-hybridized carbons (Fsp3) is 0. The van der Waals surface area contributed by atoms with Crippen molar-refractivity contribution in [1.29, 1.82) is 0 Å². The van der Waals surface area contributed by atoms with Crippen LogP contribution in [0, 0.1) is 0 Å². The highest BCUT2D eigenvalue weighted by Crippen LogP contribution is 2.32. The summed E-state index contributed by atoms with van der Waals surface area (Å²) < 4.78 is 1.10. The zero-order chi connectivity index (χ0) is 11.0. The number of fused-ring (bicyclic) bond motifs is 1. The fourth-order valence-corrected chi connectivity index (χ4v) is 2.36. The van der Waals surface area contributed by atoms with Crippen LogP contribution < -0.4 is 0 Å². The molecule has 3 aromatic rings. The van der Waals surface area contributed by atoms with E-state index in [0.29, 0.717) is 0 Å². The third kappa shape index (κ3) is 1.44. The Morgan fingerprint density at radius 2 is 1.88 bits per heavy atom. The van der Waals surface area contributed by atoms with E-state index in [1.165, 1.54) is 11.1 Å². The standard InChI is InChI=1S/C13H9BrN2/c14-12-6-2-1-4-9(12)11-8-16-13-10(11)5-3-7-15-13/h1-8H,(H,15,16). The highest BCUT2D eigenvalue weighted by molar-refractivity contribution is 9.10. The minimum atomic E-state index is 0.924. The third-order valence-electron chi connectivity index (χ3n) is 2.62. The van der Waals surface area contributed by atoms with Crippen LogP contribution in [0.25, 0.3) is 22.2 Å². The summed E-state index contributed by atoms with van der Waals surface area (Å²) >= 11 is 3.57. The molecule has 2 nitrogen and oxygen atoms in total. The molecule has 1 aromatic carbocycles. The zero-order valence-electron chi connectivity index (χ0n) is 8.44. The smallest absolute Gasteiger partial charge is 0.137 e. The van der Waals surface area contributed by atoms with E-state index in [1.54, 1.807) is 6.20 Å². The molecule has 0 aliphatic carbocycles. The number of hydrogen-bond acceptors (Lipinski definition) is 1. The van der Waals surface area contributed by atoms with Crippen LogP contribution in [0.3, 0.4) is 0 Å². The van der Waals surface area contributed by atoms with Gasteiger partial charge >= 0.3 is 0 Å². The quantitative estimate of drug-likeness (QED) is 0.713. The lowest BCUT2D eigenvalue weighted by atomic mass is 10.1. The van der Waals surface area contributed by atoms with Gasteiger partial charge in [-0.2, -0.15) is 0 Å². The van der Waals surface area contributed by atoms with Gasteiger partial charge in [-0.05, 0) is 23.8 Å². The van der Waals surface area contributed by atoms with Crippen molar-refractivity contribution >= 4 is 27.0 Å². The number of aromatic nitrogens is 2. The first kappa shape index (κ1) is 9.60. The van der Waals surface area contributed by atoms with Crippen LogP contribution in [0.5, 0.6) is 0 Å². The molecule has 0 saturated carbocycles. The summed E-state index contributed by atoms with van der Waals surface area (Å²) in [5.41, 5.74) is 3.28. The molecule has 0 fully saturated rings. The summed E-state index contributed by atoms with van der Waals surface area (Å²) in [4.78, 5) is 7.47. The van der Waals surface area contributed by atoms with Crippen molar-refractivity contribution in [1.82, 2.24) is 9.97 Å². The van der Waals surface area contributed by atoms with Crippen LogP contribution in [0.2, 0.25) is 0 Å². The van der Waals surface area contributed by atoms with Gasteiger partial charge in [-0.15, -0.1) is 0 Å². The lowest BCUT2D eigenvalue weighted by Gasteiger charge is -2.01. The fourth-order valence-electron chi connectivity index (χ4n) is 1.86. The number of nitrogens with zero attached hydrogens (tertiary/aromatic N) is 1. The first-order valence-corrected chi connectivity index (χ1v) is 5.82. The molecule has 0 bridgehead atoms. The van der Waals surface area contributed by atoms with Crippen LogP contribution in [-0.4, -0.2) is 9.97 Å². The molecule has 78 valence electrons. The molecule has 3 rings (SSSR count). The number of hydrogen-bond donors (Lipinski definition) is 1. The number of nitrogens with one attached hydrogen (secondary N) is 1. The SMILES string of the molecule is Brc1ccccc1-c1c[nH]c2ncccc12. The predicted molar refractivity (Wildman–Crippen MR) is 69.2 cm³/mol. The highest BCUT2D eigenvalue weighted by Gasteiger charge is 2.08. The topological polar surface area (TPSA) is 28.7 Å². The summed E-state index contributed by atoms with van der Waals surface area (Å²) in [5.74, 6) is 0. The summed E-state index contributed by atoms with van der Waals surface area (Å²) in [6, 6.07) is 12.2. The largest absolute Gasteiger partial charge is 0.346 e. The van der Waals surface area contributed by atoms with E-state index >= 15 is 0 Å².